The lowest BCUT2D eigenvalue weighted by atomic mass is 9.84. The van der Waals surface area contributed by atoms with Crippen molar-refractivity contribution in [1.82, 2.24) is 5.32 Å². The second-order valence-electron chi connectivity index (χ2n) is 6.63. The molecule has 1 aromatic carbocycles. The Morgan fingerprint density at radius 2 is 1.81 bits per heavy atom. The Bertz CT molecular complexity index is 467. The zero-order chi connectivity index (χ0) is 16.1. The highest BCUT2D eigenvalue weighted by Gasteiger charge is 2.26. The molecule has 1 amide bonds. The van der Waals surface area contributed by atoms with E-state index in [-0.39, 0.29) is 6.61 Å². The van der Waals surface area contributed by atoms with Gasteiger partial charge in [-0.1, -0.05) is 19.1 Å². The standard InChI is InChI=1S/C16H24INO3/c1-15(2,3)21-14(20)18-10-16(4,11-19)9-12-5-7-13(17)8-6-12/h5-8,19H,9-11H2,1-4H3,(H,18,20). The molecular formula is C16H24INO3. The minimum atomic E-state index is -0.518. The van der Waals surface area contributed by atoms with Crippen molar-refractivity contribution in [3.05, 3.63) is 33.4 Å². The lowest BCUT2D eigenvalue weighted by Gasteiger charge is -2.28. The van der Waals surface area contributed by atoms with Gasteiger partial charge in [0.25, 0.3) is 0 Å². The maximum Gasteiger partial charge on any atom is 0.407 e. The average Bonchev–Trinajstić information content (AvgIpc) is 2.37. The molecule has 118 valence electrons. The first-order chi connectivity index (χ1) is 9.63. The number of carbonyl (C=O) groups is 1. The molecule has 0 fully saturated rings. The number of amides is 1. The van der Waals surface area contributed by atoms with Crippen molar-refractivity contribution in [2.75, 3.05) is 13.2 Å². The highest BCUT2D eigenvalue weighted by Crippen LogP contribution is 2.22. The first-order valence-corrected chi connectivity index (χ1v) is 8.04. The number of benzene rings is 1. The molecule has 1 aromatic rings. The molecule has 5 heteroatoms. The van der Waals surface area contributed by atoms with Crippen molar-refractivity contribution in [3.63, 3.8) is 0 Å². The van der Waals surface area contributed by atoms with Crippen LogP contribution in [0.25, 0.3) is 0 Å². The van der Waals surface area contributed by atoms with Crippen LogP contribution in [0.4, 0.5) is 4.79 Å². The quantitative estimate of drug-likeness (QED) is 0.739. The molecule has 0 heterocycles. The third-order valence-corrected chi connectivity index (χ3v) is 3.70. The summed E-state index contributed by atoms with van der Waals surface area (Å²) >= 11 is 2.26. The normalized spacial score (nSPS) is 14.4. The van der Waals surface area contributed by atoms with E-state index >= 15 is 0 Å². The first-order valence-electron chi connectivity index (χ1n) is 6.96. The van der Waals surface area contributed by atoms with Crippen molar-refractivity contribution in [3.8, 4) is 0 Å². The maximum atomic E-state index is 11.7. The van der Waals surface area contributed by atoms with Gasteiger partial charge < -0.3 is 15.2 Å². The molecule has 2 N–H and O–H groups in total. The third kappa shape index (κ3) is 7.13. The van der Waals surface area contributed by atoms with Gasteiger partial charge in [0.1, 0.15) is 5.60 Å². The molecule has 4 nitrogen and oxygen atoms in total. The van der Waals surface area contributed by atoms with Crippen LogP contribution in [0.15, 0.2) is 24.3 Å². The molecule has 0 saturated heterocycles. The summed E-state index contributed by atoms with van der Waals surface area (Å²) < 4.78 is 6.39. The number of aliphatic hydroxyl groups is 1. The first kappa shape index (κ1) is 18.2. The Morgan fingerprint density at radius 3 is 2.29 bits per heavy atom. The molecule has 0 aliphatic heterocycles. The molecule has 1 rings (SSSR count). The van der Waals surface area contributed by atoms with Crippen LogP contribution in [0, 0.1) is 8.99 Å². The van der Waals surface area contributed by atoms with Crippen molar-refractivity contribution in [2.45, 2.75) is 39.7 Å². The maximum absolute atomic E-state index is 11.7. The minimum absolute atomic E-state index is 0.00517. The number of hydrogen-bond donors (Lipinski definition) is 2. The topological polar surface area (TPSA) is 58.6 Å². The molecule has 0 aliphatic carbocycles. The summed E-state index contributed by atoms with van der Waals surface area (Å²) in [5.41, 5.74) is 0.206. The largest absolute Gasteiger partial charge is 0.444 e. The average molecular weight is 405 g/mol. The fraction of sp³-hybridized carbons (Fsp3) is 0.562. The van der Waals surface area contributed by atoms with E-state index < -0.39 is 17.1 Å². The Hall–Kier alpha value is -0.820. The molecule has 0 bridgehead atoms. The summed E-state index contributed by atoms with van der Waals surface area (Å²) in [7, 11) is 0. The van der Waals surface area contributed by atoms with Gasteiger partial charge in [0, 0.05) is 15.5 Å². The summed E-state index contributed by atoms with van der Waals surface area (Å²) in [6.07, 6.45) is 0.237. The number of carbonyl (C=O) groups excluding carboxylic acids is 1. The lowest BCUT2D eigenvalue weighted by molar-refractivity contribution is 0.0478. The highest BCUT2D eigenvalue weighted by molar-refractivity contribution is 14.1. The van der Waals surface area contributed by atoms with Crippen molar-refractivity contribution in [1.29, 1.82) is 0 Å². The van der Waals surface area contributed by atoms with E-state index in [0.717, 1.165) is 5.56 Å². The Labute approximate surface area is 140 Å². The molecule has 0 radical (unpaired) electrons. The van der Waals surface area contributed by atoms with Gasteiger partial charge in [-0.25, -0.2) is 4.79 Å². The molecule has 21 heavy (non-hydrogen) atoms. The van der Waals surface area contributed by atoms with Gasteiger partial charge in [-0.15, -0.1) is 0 Å². The fourth-order valence-electron chi connectivity index (χ4n) is 1.87. The van der Waals surface area contributed by atoms with Gasteiger partial charge in [-0.05, 0) is 67.5 Å². The van der Waals surface area contributed by atoms with E-state index in [1.807, 2.05) is 52.0 Å². The number of alkyl carbamates (subject to hydrolysis) is 1. The summed E-state index contributed by atoms with van der Waals surface area (Å²) in [6, 6.07) is 8.16. The van der Waals surface area contributed by atoms with Crippen molar-refractivity contribution in [2.24, 2.45) is 5.41 Å². The van der Waals surface area contributed by atoms with Crippen LogP contribution in [0.3, 0.4) is 0 Å². The number of rotatable bonds is 5. The monoisotopic (exact) mass is 405 g/mol. The molecule has 1 unspecified atom stereocenters. The van der Waals surface area contributed by atoms with Crippen LogP contribution in [-0.4, -0.2) is 30.0 Å². The number of ether oxygens (including phenoxy) is 1. The number of aliphatic hydroxyl groups excluding tert-OH is 1. The van der Waals surface area contributed by atoms with Gasteiger partial charge >= 0.3 is 6.09 Å². The highest BCUT2D eigenvalue weighted by atomic mass is 127. The summed E-state index contributed by atoms with van der Waals surface area (Å²) in [4.78, 5) is 11.7. The van der Waals surface area contributed by atoms with E-state index in [4.69, 9.17) is 4.74 Å². The summed E-state index contributed by atoms with van der Waals surface area (Å²) in [6.45, 7) is 7.78. The van der Waals surface area contributed by atoms with Crippen LogP contribution in [0.2, 0.25) is 0 Å². The van der Waals surface area contributed by atoms with Gasteiger partial charge in [0.2, 0.25) is 0 Å². The van der Waals surface area contributed by atoms with Gasteiger partial charge in [-0.2, -0.15) is 0 Å². The Balaban J connectivity index is 2.59. The van der Waals surface area contributed by atoms with Gasteiger partial charge in [0.05, 0.1) is 6.61 Å². The molecule has 0 spiro atoms. The van der Waals surface area contributed by atoms with Crippen LogP contribution >= 0.6 is 22.6 Å². The Morgan fingerprint density at radius 1 is 1.24 bits per heavy atom. The molecule has 0 aliphatic rings. The summed E-state index contributed by atoms with van der Waals surface area (Å²) in [5, 5.41) is 12.4. The zero-order valence-electron chi connectivity index (χ0n) is 13.1. The molecule has 0 aromatic heterocycles. The second kappa shape index (κ2) is 7.45. The fourth-order valence-corrected chi connectivity index (χ4v) is 2.23. The smallest absolute Gasteiger partial charge is 0.407 e. The van der Waals surface area contributed by atoms with Crippen LogP contribution in [-0.2, 0) is 11.2 Å². The second-order valence-corrected chi connectivity index (χ2v) is 7.87. The van der Waals surface area contributed by atoms with Crippen LogP contribution in [0.5, 0.6) is 0 Å². The predicted molar refractivity (Wildman–Crippen MR) is 92.3 cm³/mol. The molecular weight excluding hydrogens is 381 g/mol. The van der Waals surface area contributed by atoms with Gasteiger partial charge in [0.15, 0.2) is 0 Å². The van der Waals surface area contributed by atoms with E-state index in [1.54, 1.807) is 0 Å². The SMILES string of the molecule is CC(CO)(CNC(=O)OC(C)(C)C)Cc1ccc(I)cc1. The number of hydrogen-bond acceptors (Lipinski definition) is 3. The predicted octanol–water partition coefficient (Wildman–Crippen LogP) is 3.36. The number of nitrogens with one attached hydrogen (secondary N) is 1. The van der Waals surface area contributed by atoms with Crippen LogP contribution in [0.1, 0.15) is 33.3 Å². The van der Waals surface area contributed by atoms with E-state index in [1.165, 1.54) is 3.57 Å². The van der Waals surface area contributed by atoms with E-state index in [2.05, 4.69) is 27.9 Å². The van der Waals surface area contributed by atoms with E-state index in [9.17, 15) is 9.90 Å². The minimum Gasteiger partial charge on any atom is -0.444 e. The van der Waals surface area contributed by atoms with E-state index in [0.29, 0.717) is 13.0 Å². The third-order valence-electron chi connectivity index (χ3n) is 2.98. The lowest BCUT2D eigenvalue weighted by Crippen LogP contribution is -2.41. The summed E-state index contributed by atoms with van der Waals surface area (Å²) in [5.74, 6) is 0. The number of halogens is 1. The molecule has 0 saturated carbocycles. The Kier molecular flexibility index (Phi) is 6.46. The van der Waals surface area contributed by atoms with Crippen LogP contribution < -0.4 is 5.32 Å². The van der Waals surface area contributed by atoms with Gasteiger partial charge in [-0.3, -0.25) is 0 Å². The zero-order valence-corrected chi connectivity index (χ0v) is 15.2. The van der Waals surface area contributed by atoms with Crippen molar-refractivity contribution >= 4 is 28.7 Å². The van der Waals surface area contributed by atoms with Crippen molar-refractivity contribution < 1.29 is 14.6 Å². The molecule has 1 atom stereocenters.